The van der Waals surface area contributed by atoms with E-state index in [1.807, 2.05) is 30.3 Å². The standard InChI is InChI=1S/C37H22ClN3/c38-26-18-19-27(37(22-26)41-35-15-7-3-11-30(35)31-12-4-8-16-36(31)41)24-17-20-32(25(21-24)23-39)40-33-13-5-1-9-28(33)29-10-2-6-14-34(29)40/h1-22H. The van der Waals surface area contributed by atoms with Gasteiger partial charge in [0, 0.05) is 32.1 Å². The molecule has 0 aliphatic heterocycles. The van der Waals surface area contributed by atoms with Crippen LogP contribution < -0.4 is 0 Å². The zero-order valence-electron chi connectivity index (χ0n) is 21.9. The number of nitriles is 1. The molecule has 0 saturated carbocycles. The van der Waals surface area contributed by atoms with Gasteiger partial charge in [0.1, 0.15) is 6.07 Å². The van der Waals surface area contributed by atoms with E-state index < -0.39 is 0 Å². The molecule has 0 radical (unpaired) electrons. The van der Waals surface area contributed by atoms with Gasteiger partial charge in [-0.2, -0.15) is 5.26 Å². The summed E-state index contributed by atoms with van der Waals surface area (Å²) in [5, 5.41) is 15.8. The minimum atomic E-state index is 0.608. The Labute approximate surface area is 241 Å². The number of halogens is 1. The largest absolute Gasteiger partial charge is 0.309 e. The molecule has 3 nitrogen and oxygen atoms in total. The van der Waals surface area contributed by atoms with Crippen molar-refractivity contribution in [2.45, 2.75) is 0 Å². The molecule has 8 aromatic rings. The highest BCUT2D eigenvalue weighted by molar-refractivity contribution is 6.31. The Balaban J connectivity index is 1.38. The van der Waals surface area contributed by atoms with Gasteiger partial charge in [-0.25, -0.2) is 0 Å². The van der Waals surface area contributed by atoms with Gasteiger partial charge >= 0.3 is 0 Å². The molecule has 0 unspecified atom stereocenters. The minimum Gasteiger partial charge on any atom is -0.309 e. The molecule has 0 aliphatic carbocycles. The SMILES string of the molecule is N#Cc1cc(-c2ccc(Cl)cc2-n2c3ccccc3c3ccccc32)ccc1-n1c2ccccc2c2ccccc21. The summed E-state index contributed by atoms with van der Waals surface area (Å²) in [7, 11) is 0. The molecule has 8 rings (SSSR count). The molecule has 0 amide bonds. The fraction of sp³-hybridized carbons (Fsp3) is 0. The predicted octanol–water partition coefficient (Wildman–Crippen LogP) is 10.1. The number of hydrogen-bond donors (Lipinski definition) is 0. The van der Waals surface area contributed by atoms with E-state index >= 15 is 0 Å². The summed E-state index contributed by atoms with van der Waals surface area (Å²) < 4.78 is 4.47. The van der Waals surface area contributed by atoms with Gasteiger partial charge in [0.05, 0.1) is 39.0 Å². The minimum absolute atomic E-state index is 0.608. The second-order valence-corrected chi connectivity index (χ2v) is 10.7. The van der Waals surface area contributed by atoms with Crippen molar-refractivity contribution in [2.24, 2.45) is 0 Å². The Hall–Kier alpha value is -5.30. The quantitative estimate of drug-likeness (QED) is 0.218. The lowest BCUT2D eigenvalue weighted by Crippen LogP contribution is -2.00. The zero-order chi connectivity index (χ0) is 27.5. The van der Waals surface area contributed by atoms with Gasteiger partial charge in [0.2, 0.25) is 0 Å². The van der Waals surface area contributed by atoms with Crippen molar-refractivity contribution in [1.29, 1.82) is 5.26 Å². The number of hydrogen-bond acceptors (Lipinski definition) is 1. The van der Waals surface area contributed by atoms with Crippen LogP contribution in [0.2, 0.25) is 5.02 Å². The molecule has 0 N–H and O–H groups in total. The smallest absolute Gasteiger partial charge is 0.101 e. The van der Waals surface area contributed by atoms with Crippen molar-refractivity contribution < 1.29 is 0 Å². The Morgan fingerprint density at radius 3 is 1.44 bits per heavy atom. The number of aromatic nitrogens is 2. The second kappa shape index (κ2) is 9.13. The van der Waals surface area contributed by atoms with Gasteiger partial charge in [0.15, 0.2) is 0 Å². The number of fused-ring (bicyclic) bond motifs is 6. The van der Waals surface area contributed by atoms with Crippen molar-refractivity contribution in [1.82, 2.24) is 9.13 Å². The lowest BCUT2D eigenvalue weighted by atomic mass is 10.00. The van der Waals surface area contributed by atoms with E-state index in [1.165, 1.54) is 21.5 Å². The van der Waals surface area contributed by atoms with Gasteiger partial charge in [-0.15, -0.1) is 0 Å². The van der Waals surface area contributed by atoms with Crippen LogP contribution in [0.5, 0.6) is 0 Å². The van der Waals surface area contributed by atoms with E-state index in [0.29, 0.717) is 10.6 Å². The predicted molar refractivity (Wildman–Crippen MR) is 170 cm³/mol. The molecular weight excluding hydrogens is 522 g/mol. The summed E-state index contributed by atoms with van der Waals surface area (Å²) in [6.45, 7) is 0. The van der Waals surface area contributed by atoms with Gasteiger partial charge < -0.3 is 9.13 Å². The Morgan fingerprint density at radius 1 is 0.488 bits per heavy atom. The van der Waals surface area contributed by atoms with Crippen LogP contribution in [0.3, 0.4) is 0 Å². The lowest BCUT2D eigenvalue weighted by Gasteiger charge is -2.16. The van der Waals surface area contributed by atoms with Crippen LogP contribution >= 0.6 is 11.6 Å². The molecule has 0 bridgehead atoms. The first-order valence-electron chi connectivity index (χ1n) is 13.5. The summed E-state index contributed by atoms with van der Waals surface area (Å²) in [4.78, 5) is 0. The second-order valence-electron chi connectivity index (χ2n) is 10.2. The molecule has 2 aromatic heterocycles. The molecule has 6 aromatic carbocycles. The van der Waals surface area contributed by atoms with Crippen LogP contribution in [-0.4, -0.2) is 9.13 Å². The van der Waals surface area contributed by atoms with Gasteiger partial charge in [-0.1, -0.05) is 96.5 Å². The van der Waals surface area contributed by atoms with Crippen molar-refractivity contribution >= 4 is 55.2 Å². The Morgan fingerprint density at radius 2 is 0.951 bits per heavy atom. The van der Waals surface area contributed by atoms with Gasteiger partial charge in [-0.05, 0) is 54.1 Å². The Kier molecular flexibility index (Phi) is 5.25. The summed E-state index contributed by atoms with van der Waals surface area (Å²) in [6, 6.07) is 48.3. The van der Waals surface area contributed by atoms with Crippen LogP contribution in [0.25, 0.3) is 66.1 Å². The highest BCUT2D eigenvalue weighted by atomic mass is 35.5. The Bertz CT molecular complexity index is 2240. The summed E-state index contributed by atoms with van der Waals surface area (Å²) in [6.07, 6.45) is 0. The third-order valence-electron chi connectivity index (χ3n) is 8.03. The molecular formula is C37H22ClN3. The van der Waals surface area contributed by atoms with Crippen molar-refractivity contribution in [3.05, 3.63) is 144 Å². The molecule has 2 heterocycles. The molecule has 41 heavy (non-hydrogen) atoms. The first-order valence-corrected chi connectivity index (χ1v) is 13.9. The maximum atomic E-state index is 10.4. The monoisotopic (exact) mass is 543 g/mol. The third kappa shape index (κ3) is 3.52. The van der Waals surface area contributed by atoms with Crippen LogP contribution in [0.1, 0.15) is 5.56 Å². The number of nitrogens with zero attached hydrogens (tertiary/aromatic N) is 3. The van der Waals surface area contributed by atoms with Crippen molar-refractivity contribution in [3.8, 4) is 28.6 Å². The highest BCUT2D eigenvalue weighted by Crippen LogP contribution is 2.39. The van der Waals surface area contributed by atoms with E-state index in [0.717, 1.165) is 44.6 Å². The van der Waals surface area contributed by atoms with Crippen molar-refractivity contribution in [2.75, 3.05) is 0 Å². The number of benzene rings is 6. The molecule has 0 aliphatic rings. The average Bonchev–Trinajstić information content (AvgIpc) is 3.54. The third-order valence-corrected chi connectivity index (χ3v) is 8.26. The first kappa shape index (κ1) is 23.6. The van der Waals surface area contributed by atoms with Crippen LogP contribution in [0.15, 0.2) is 133 Å². The maximum Gasteiger partial charge on any atom is 0.101 e. The zero-order valence-corrected chi connectivity index (χ0v) is 22.7. The number of rotatable bonds is 3. The highest BCUT2D eigenvalue weighted by Gasteiger charge is 2.18. The molecule has 0 fully saturated rings. The van der Waals surface area contributed by atoms with E-state index in [9.17, 15) is 5.26 Å². The van der Waals surface area contributed by atoms with Crippen LogP contribution in [0.4, 0.5) is 0 Å². The van der Waals surface area contributed by atoms with Crippen molar-refractivity contribution in [3.63, 3.8) is 0 Å². The van der Waals surface area contributed by atoms with Crippen LogP contribution in [-0.2, 0) is 0 Å². The molecule has 0 atom stereocenters. The van der Waals surface area contributed by atoms with Gasteiger partial charge in [0.25, 0.3) is 0 Å². The molecule has 0 spiro atoms. The summed E-state index contributed by atoms with van der Waals surface area (Å²) in [5.41, 5.74) is 8.79. The van der Waals surface area contributed by atoms with Crippen LogP contribution in [0, 0.1) is 11.3 Å². The summed E-state index contributed by atoms with van der Waals surface area (Å²) >= 11 is 6.62. The van der Waals surface area contributed by atoms with E-state index in [4.69, 9.17) is 11.6 Å². The molecule has 0 saturated heterocycles. The van der Waals surface area contributed by atoms with E-state index in [1.54, 1.807) is 0 Å². The lowest BCUT2D eigenvalue weighted by molar-refractivity contribution is 1.16. The fourth-order valence-electron chi connectivity index (χ4n) is 6.29. The average molecular weight is 544 g/mol. The van der Waals surface area contributed by atoms with E-state index in [2.05, 4.69) is 118 Å². The normalized spacial score (nSPS) is 11.5. The topological polar surface area (TPSA) is 33.6 Å². The molecule has 192 valence electrons. The maximum absolute atomic E-state index is 10.4. The van der Waals surface area contributed by atoms with E-state index in [-0.39, 0.29) is 0 Å². The molecule has 4 heteroatoms. The summed E-state index contributed by atoms with van der Waals surface area (Å²) in [5.74, 6) is 0. The number of para-hydroxylation sites is 4. The fourth-order valence-corrected chi connectivity index (χ4v) is 6.45. The first-order chi connectivity index (χ1) is 20.2. The van der Waals surface area contributed by atoms with Gasteiger partial charge in [-0.3, -0.25) is 0 Å².